The molecule has 0 aromatic carbocycles. The van der Waals surface area contributed by atoms with E-state index < -0.39 is 5.54 Å². The lowest BCUT2D eigenvalue weighted by Crippen LogP contribution is -2.51. The molecular weight excluding hydrogens is 232 g/mol. The highest BCUT2D eigenvalue weighted by molar-refractivity contribution is 9.11. The van der Waals surface area contributed by atoms with Crippen LogP contribution >= 0.6 is 15.9 Å². The Bertz CT molecular complexity index is 202. The van der Waals surface area contributed by atoms with Crippen LogP contribution in [-0.2, 0) is 4.79 Å². The largest absolute Gasteiger partial charge is 0.350 e. The first-order chi connectivity index (χ1) is 5.90. The van der Waals surface area contributed by atoms with Crippen LogP contribution in [0.2, 0.25) is 0 Å². The zero-order valence-corrected chi connectivity index (χ0v) is 9.78. The highest BCUT2D eigenvalue weighted by atomic mass is 79.9. The molecular formula is C9H17BrN2O. The van der Waals surface area contributed by atoms with Crippen LogP contribution in [0.25, 0.3) is 0 Å². The first kappa shape index (κ1) is 12.7. The van der Waals surface area contributed by atoms with Crippen LogP contribution in [0.15, 0.2) is 11.1 Å². The van der Waals surface area contributed by atoms with Crippen molar-refractivity contribution in [3.63, 3.8) is 0 Å². The van der Waals surface area contributed by atoms with Crippen molar-refractivity contribution in [2.24, 2.45) is 5.73 Å². The van der Waals surface area contributed by atoms with Crippen LogP contribution in [-0.4, -0.2) is 18.0 Å². The Morgan fingerprint density at radius 2 is 2.23 bits per heavy atom. The highest BCUT2D eigenvalue weighted by Gasteiger charge is 2.26. The van der Waals surface area contributed by atoms with E-state index in [1.165, 1.54) is 0 Å². The number of amides is 1. The third-order valence-corrected chi connectivity index (χ3v) is 2.01. The Balaban J connectivity index is 4.01. The molecule has 0 aliphatic rings. The number of carbonyl (C=O) groups is 1. The van der Waals surface area contributed by atoms with Gasteiger partial charge in [0.05, 0.1) is 5.54 Å². The quantitative estimate of drug-likeness (QED) is 0.776. The minimum Gasteiger partial charge on any atom is -0.350 e. The third-order valence-electron chi connectivity index (χ3n) is 1.73. The maximum absolute atomic E-state index is 11.5. The van der Waals surface area contributed by atoms with Crippen LogP contribution < -0.4 is 11.1 Å². The summed E-state index contributed by atoms with van der Waals surface area (Å²) in [7, 11) is 0. The van der Waals surface area contributed by atoms with Gasteiger partial charge in [0.1, 0.15) is 0 Å². The molecule has 4 heteroatoms. The molecule has 0 heterocycles. The number of hydrogen-bond donors (Lipinski definition) is 2. The van der Waals surface area contributed by atoms with Gasteiger partial charge in [-0.25, -0.2) is 0 Å². The van der Waals surface area contributed by atoms with Gasteiger partial charge in [-0.15, -0.1) is 0 Å². The fourth-order valence-electron chi connectivity index (χ4n) is 1.01. The SMILES string of the molecule is C=C(Br)CNC(=O)C(C)(N)CCC. The number of rotatable bonds is 5. The van der Waals surface area contributed by atoms with E-state index in [2.05, 4.69) is 27.8 Å². The summed E-state index contributed by atoms with van der Waals surface area (Å²) >= 11 is 3.16. The average molecular weight is 249 g/mol. The van der Waals surface area contributed by atoms with E-state index >= 15 is 0 Å². The monoisotopic (exact) mass is 248 g/mol. The van der Waals surface area contributed by atoms with Crippen molar-refractivity contribution in [1.82, 2.24) is 5.32 Å². The fourth-order valence-corrected chi connectivity index (χ4v) is 1.15. The molecule has 3 N–H and O–H groups in total. The van der Waals surface area contributed by atoms with Gasteiger partial charge < -0.3 is 11.1 Å². The fraction of sp³-hybridized carbons (Fsp3) is 0.667. The van der Waals surface area contributed by atoms with Gasteiger partial charge in [-0.2, -0.15) is 0 Å². The van der Waals surface area contributed by atoms with Crippen molar-refractivity contribution >= 4 is 21.8 Å². The average Bonchev–Trinajstić information content (AvgIpc) is 1.99. The Labute approximate surface area is 87.9 Å². The van der Waals surface area contributed by atoms with Crippen LogP contribution in [0.3, 0.4) is 0 Å². The van der Waals surface area contributed by atoms with E-state index in [4.69, 9.17) is 5.73 Å². The molecule has 0 radical (unpaired) electrons. The Morgan fingerprint density at radius 3 is 2.62 bits per heavy atom. The van der Waals surface area contributed by atoms with E-state index in [1.54, 1.807) is 6.92 Å². The van der Waals surface area contributed by atoms with Gasteiger partial charge in [-0.05, 0) is 13.3 Å². The molecule has 0 saturated carbocycles. The molecule has 0 spiro atoms. The smallest absolute Gasteiger partial charge is 0.240 e. The first-order valence-electron chi connectivity index (χ1n) is 4.30. The van der Waals surface area contributed by atoms with E-state index in [9.17, 15) is 4.79 Å². The van der Waals surface area contributed by atoms with Crippen molar-refractivity contribution in [3.8, 4) is 0 Å². The molecule has 76 valence electrons. The standard InChI is InChI=1S/C9H17BrN2O/c1-4-5-9(3,11)8(13)12-6-7(2)10/h2,4-6,11H2,1,3H3,(H,12,13). The van der Waals surface area contributed by atoms with E-state index in [0.29, 0.717) is 13.0 Å². The van der Waals surface area contributed by atoms with Gasteiger partial charge in [0, 0.05) is 11.0 Å². The normalized spacial score (nSPS) is 14.8. The second-order valence-corrected chi connectivity index (χ2v) is 4.49. The lowest BCUT2D eigenvalue weighted by Gasteiger charge is -2.22. The molecule has 0 rings (SSSR count). The van der Waals surface area contributed by atoms with Crippen molar-refractivity contribution < 1.29 is 4.79 Å². The molecule has 0 fully saturated rings. The summed E-state index contributed by atoms with van der Waals surface area (Å²) < 4.78 is 0.744. The Morgan fingerprint density at radius 1 is 1.69 bits per heavy atom. The number of nitrogens with two attached hydrogens (primary N) is 1. The molecule has 0 aliphatic heterocycles. The summed E-state index contributed by atoms with van der Waals surface area (Å²) in [5.41, 5.74) is 5.03. The van der Waals surface area contributed by atoms with Gasteiger partial charge in [0.25, 0.3) is 0 Å². The van der Waals surface area contributed by atoms with Gasteiger partial charge in [-0.3, -0.25) is 4.79 Å². The molecule has 0 saturated heterocycles. The van der Waals surface area contributed by atoms with Gasteiger partial charge in [-0.1, -0.05) is 35.9 Å². The molecule has 1 amide bonds. The summed E-state index contributed by atoms with van der Waals surface area (Å²) in [6.45, 7) is 7.78. The van der Waals surface area contributed by atoms with Crippen LogP contribution in [0.1, 0.15) is 26.7 Å². The first-order valence-corrected chi connectivity index (χ1v) is 5.10. The number of nitrogens with one attached hydrogen (secondary N) is 1. The second kappa shape index (κ2) is 5.40. The Hall–Kier alpha value is -0.350. The topological polar surface area (TPSA) is 55.1 Å². The predicted molar refractivity (Wildman–Crippen MR) is 58.6 cm³/mol. The van der Waals surface area contributed by atoms with E-state index in [1.807, 2.05) is 6.92 Å². The number of hydrogen-bond acceptors (Lipinski definition) is 2. The van der Waals surface area contributed by atoms with Crippen molar-refractivity contribution in [3.05, 3.63) is 11.1 Å². The zero-order valence-electron chi connectivity index (χ0n) is 8.19. The molecule has 0 bridgehead atoms. The summed E-state index contributed by atoms with van der Waals surface area (Å²) in [5, 5.41) is 2.70. The molecule has 1 atom stereocenters. The van der Waals surface area contributed by atoms with Crippen molar-refractivity contribution in [2.75, 3.05) is 6.54 Å². The molecule has 0 aliphatic carbocycles. The van der Waals surface area contributed by atoms with E-state index in [0.717, 1.165) is 10.9 Å². The maximum Gasteiger partial charge on any atom is 0.240 e. The summed E-state index contributed by atoms with van der Waals surface area (Å²) in [6, 6.07) is 0. The molecule has 0 aromatic heterocycles. The zero-order chi connectivity index (χ0) is 10.5. The van der Waals surface area contributed by atoms with Crippen molar-refractivity contribution in [1.29, 1.82) is 0 Å². The minimum atomic E-state index is -0.767. The van der Waals surface area contributed by atoms with Gasteiger partial charge >= 0.3 is 0 Å². The summed E-state index contributed by atoms with van der Waals surface area (Å²) in [4.78, 5) is 11.5. The number of carbonyl (C=O) groups excluding carboxylic acids is 1. The van der Waals surface area contributed by atoms with E-state index in [-0.39, 0.29) is 5.91 Å². The van der Waals surface area contributed by atoms with Gasteiger partial charge in [0.2, 0.25) is 5.91 Å². The highest BCUT2D eigenvalue weighted by Crippen LogP contribution is 2.08. The third kappa shape index (κ3) is 5.05. The van der Waals surface area contributed by atoms with Crippen LogP contribution in [0.5, 0.6) is 0 Å². The maximum atomic E-state index is 11.5. The van der Waals surface area contributed by atoms with Crippen molar-refractivity contribution in [2.45, 2.75) is 32.2 Å². The van der Waals surface area contributed by atoms with Gasteiger partial charge in [0.15, 0.2) is 0 Å². The number of halogens is 1. The summed E-state index contributed by atoms with van der Waals surface area (Å²) in [5.74, 6) is -0.130. The lowest BCUT2D eigenvalue weighted by molar-refractivity contribution is -0.125. The Kier molecular flexibility index (Phi) is 5.25. The van der Waals surface area contributed by atoms with Crippen LogP contribution in [0, 0.1) is 0 Å². The lowest BCUT2D eigenvalue weighted by atomic mass is 9.97. The summed E-state index contributed by atoms with van der Waals surface area (Å²) in [6.07, 6.45) is 1.59. The molecule has 1 unspecified atom stereocenters. The predicted octanol–water partition coefficient (Wildman–Crippen LogP) is 1.53. The second-order valence-electron chi connectivity index (χ2n) is 3.37. The minimum absolute atomic E-state index is 0.130. The molecule has 13 heavy (non-hydrogen) atoms. The molecule has 0 aromatic rings. The van der Waals surface area contributed by atoms with Crippen LogP contribution in [0.4, 0.5) is 0 Å². The molecule has 3 nitrogen and oxygen atoms in total.